The first-order valence-corrected chi connectivity index (χ1v) is 6.44. The summed E-state index contributed by atoms with van der Waals surface area (Å²) in [6.45, 7) is -0.483. The van der Waals surface area contributed by atoms with Crippen LogP contribution in [0.5, 0.6) is 0 Å². The highest BCUT2D eigenvalue weighted by molar-refractivity contribution is 5.09. The fraction of sp³-hybridized carbons (Fsp3) is 0.667. The van der Waals surface area contributed by atoms with Crippen molar-refractivity contribution in [2.24, 2.45) is 0 Å². The largest absolute Gasteiger partial charge is 0.394 e. The van der Waals surface area contributed by atoms with E-state index in [4.69, 9.17) is 14.6 Å². The Bertz CT molecular complexity index is 596. The Hall–Kier alpha value is -1.52. The van der Waals surface area contributed by atoms with E-state index in [1.807, 2.05) is 0 Å². The van der Waals surface area contributed by atoms with Crippen molar-refractivity contribution >= 4 is 0 Å². The summed E-state index contributed by atoms with van der Waals surface area (Å²) in [4.78, 5) is 25.6. The minimum Gasteiger partial charge on any atom is -0.394 e. The highest BCUT2D eigenvalue weighted by Crippen LogP contribution is 2.27. The van der Waals surface area contributed by atoms with Gasteiger partial charge in [0.05, 0.1) is 24.9 Å². The highest BCUT2D eigenvalue weighted by Gasteiger charge is 2.35. The SMILES string of the molecule is COCC(O)c1cn([C@H]2C[C@H](O)[C@@H](CO)O2)c(=O)[nH]c1=O. The maximum Gasteiger partial charge on any atom is 0.330 e. The predicted octanol–water partition coefficient (Wildman–Crippen LogP) is -2.14. The summed E-state index contributed by atoms with van der Waals surface area (Å²) >= 11 is 0. The van der Waals surface area contributed by atoms with Gasteiger partial charge in [-0.05, 0) is 0 Å². The summed E-state index contributed by atoms with van der Waals surface area (Å²) in [7, 11) is 1.37. The number of aliphatic hydroxyl groups excluding tert-OH is 3. The average Bonchev–Trinajstić information content (AvgIpc) is 2.80. The molecule has 0 amide bonds. The second-order valence-electron chi connectivity index (χ2n) is 4.84. The van der Waals surface area contributed by atoms with E-state index in [1.54, 1.807) is 0 Å². The Morgan fingerprint density at radius 3 is 2.86 bits per heavy atom. The third kappa shape index (κ3) is 3.22. The molecule has 0 aromatic carbocycles. The van der Waals surface area contributed by atoms with Crippen LogP contribution in [0.25, 0.3) is 0 Å². The van der Waals surface area contributed by atoms with E-state index < -0.39 is 35.8 Å². The number of hydrogen-bond acceptors (Lipinski definition) is 7. The van der Waals surface area contributed by atoms with Crippen molar-refractivity contribution in [3.05, 3.63) is 32.6 Å². The Labute approximate surface area is 119 Å². The molecule has 21 heavy (non-hydrogen) atoms. The molecule has 9 heteroatoms. The molecule has 0 bridgehead atoms. The molecule has 1 fully saturated rings. The number of nitrogens with one attached hydrogen (secondary N) is 1. The Morgan fingerprint density at radius 1 is 1.57 bits per heavy atom. The van der Waals surface area contributed by atoms with Crippen LogP contribution in [0.3, 0.4) is 0 Å². The molecule has 1 unspecified atom stereocenters. The summed E-state index contributed by atoms with van der Waals surface area (Å²) in [6.07, 6.45) is -2.44. The second kappa shape index (κ2) is 6.50. The molecule has 118 valence electrons. The standard InChI is InChI=1S/C12H18N2O7/c1-20-5-8(17)6-3-14(12(19)13-11(6)18)10-2-7(16)9(4-15)21-10/h3,7-10,15-17H,2,4-5H2,1H3,(H,13,18,19)/t7-,8?,9+,10+/m0/s1. The van der Waals surface area contributed by atoms with Gasteiger partial charge in [-0.25, -0.2) is 4.79 Å². The van der Waals surface area contributed by atoms with Crippen molar-refractivity contribution in [3.63, 3.8) is 0 Å². The first-order chi connectivity index (χ1) is 9.97. The first-order valence-electron chi connectivity index (χ1n) is 6.44. The third-order valence-corrected chi connectivity index (χ3v) is 3.37. The lowest BCUT2D eigenvalue weighted by molar-refractivity contribution is -0.0462. The van der Waals surface area contributed by atoms with Gasteiger partial charge in [0.25, 0.3) is 5.56 Å². The van der Waals surface area contributed by atoms with Gasteiger partial charge in [0.15, 0.2) is 0 Å². The van der Waals surface area contributed by atoms with Gasteiger partial charge in [-0.1, -0.05) is 0 Å². The van der Waals surface area contributed by atoms with Gasteiger partial charge in [0.1, 0.15) is 18.4 Å². The van der Waals surface area contributed by atoms with Crippen LogP contribution in [0.1, 0.15) is 24.3 Å². The number of H-pyrrole nitrogens is 1. The monoisotopic (exact) mass is 302 g/mol. The summed E-state index contributed by atoms with van der Waals surface area (Å²) in [5.41, 5.74) is -1.47. The number of aliphatic hydroxyl groups is 3. The van der Waals surface area contributed by atoms with E-state index in [2.05, 4.69) is 4.98 Å². The number of methoxy groups -OCH3 is 1. The fourth-order valence-electron chi connectivity index (χ4n) is 2.25. The maximum atomic E-state index is 11.8. The lowest BCUT2D eigenvalue weighted by Gasteiger charge is -2.16. The van der Waals surface area contributed by atoms with Crippen LogP contribution >= 0.6 is 0 Å². The lowest BCUT2D eigenvalue weighted by Crippen LogP contribution is -2.35. The minimum absolute atomic E-state index is 0.0398. The van der Waals surface area contributed by atoms with Gasteiger partial charge in [-0.2, -0.15) is 0 Å². The van der Waals surface area contributed by atoms with Gasteiger partial charge < -0.3 is 24.8 Å². The molecule has 1 aromatic rings. The summed E-state index contributed by atoms with van der Waals surface area (Å²) in [5.74, 6) is 0. The molecule has 1 aromatic heterocycles. The molecular weight excluding hydrogens is 284 g/mol. The molecule has 4 atom stereocenters. The minimum atomic E-state index is -1.19. The quantitative estimate of drug-likeness (QED) is 0.487. The zero-order chi connectivity index (χ0) is 15.6. The summed E-state index contributed by atoms with van der Waals surface area (Å²) in [5, 5.41) is 28.5. The smallest absolute Gasteiger partial charge is 0.330 e. The number of nitrogens with zero attached hydrogens (tertiary/aromatic N) is 1. The number of aromatic amines is 1. The van der Waals surface area contributed by atoms with E-state index in [1.165, 1.54) is 13.3 Å². The zero-order valence-electron chi connectivity index (χ0n) is 11.4. The van der Waals surface area contributed by atoms with Crippen molar-refractivity contribution in [2.45, 2.75) is 31.0 Å². The molecule has 0 spiro atoms. The van der Waals surface area contributed by atoms with Gasteiger partial charge in [-0.15, -0.1) is 0 Å². The number of hydrogen-bond donors (Lipinski definition) is 4. The van der Waals surface area contributed by atoms with Crippen LogP contribution in [0, 0.1) is 0 Å². The first kappa shape index (κ1) is 15.9. The van der Waals surface area contributed by atoms with Crippen LogP contribution < -0.4 is 11.2 Å². The number of aromatic nitrogens is 2. The van der Waals surface area contributed by atoms with E-state index >= 15 is 0 Å². The van der Waals surface area contributed by atoms with Crippen LogP contribution in [0.2, 0.25) is 0 Å². The molecule has 0 saturated carbocycles. The van der Waals surface area contributed by atoms with E-state index in [-0.39, 0.29) is 25.2 Å². The van der Waals surface area contributed by atoms with Gasteiger partial charge >= 0.3 is 5.69 Å². The molecule has 0 radical (unpaired) electrons. The van der Waals surface area contributed by atoms with Gasteiger partial charge in [0.2, 0.25) is 0 Å². The van der Waals surface area contributed by atoms with Crippen molar-refractivity contribution in [3.8, 4) is 0 Å². The van der Waals surface area contributed by atoms with Gasteiger partial charge in [-0.3, -0.25) is 14.3 Å². The molecule has 2 heterocycles. The predicted molar refractivity (Wildman–Crippen MR) is 69.8 cm³/mol. The van der Waals surface area contributed by atoms with Crippen molar-refractivity contribution in [1.82, 2.24) is 9.55 Å². The lowest BCUT2D eigenvalue weighted by atomic mass is 10.2. The Balaban J connectivity index is 2.34. The van der Waals surface area contributed by atoms with Crippen molar-refractivity contribution in [1.29, 1.82) is 0 Å². The average molecular weight is 302 g/mol. The molecule has 2 rings (SSSR count). The van der Waals surface area contributed by atoms with Crippen LogP contribution in [0.15, 0.2) is 15.8 Å². The molecule has 1 aliphatic heterocycles. The highest BCUT2D eigenvalue weighted by atomic mass is 16.5. The fourth-order valence-corrected chi connectivity index (χ4v) is 2.25. The second-order valence-corrected chi connectivity index (χ2v) is 4.84. The van der Waals surface area contributed by atoms with Crippen molar-refractivity contribution < 1.29 is 24.8 Å². The molecule has 9 nitrogen and oxygen atoms in total. The summed E-state index contributed by atoms with van der Waals surface area (Å²) < 4.78 is 11.2. The number of rotatable bonds is 5. The molecule has 0 aliphatic carbocycles. The molecule has 1 aliphatic rings. The zero-order valence-corrected chi connectivity index (χ0v) is 11.4. The Kier molecular flexibility index (Phi) is 4.91. The van der Waals surface area contributed by atoms with Crippen LogP contribution in [0.4, 0.5) is 0 Å². The topological polar surface area (TPSA) is 134 Å². The molecule has 4 N–H and O–H groups in total. The van der Waals surface area contributed by atoms with E-state index in [0.717, 1.165) is 4.57 Å². The van der Waals surface area contributed by atoms with Crippen molar-refractivity contribution in [2.75, 3.05) is 20.3 Å². The molecule has 1 saturated heterocycles. The van der Waals surface area contributed by atoms with E-state index in [0.29, 0.717) is 0 Å². The molecular formula is C12H18N2O7. The normalized spacial score (nSPS) is 27.0. The van der Waals surface area contributed by atoms with Crippen LogP contribution in [-0.4, -0.2) is 57.4 Å². The van der Waals surface area contributed by atoms with Crippen LogP contribution in [-0.2, 0) is 9.47 Å². The summed E-state index contributed by atoms with van der Waals surface area (Å²) in [6, 6.07) is 0. The Morgan fingerprint density at radius 2 is 2.29 bits per heavy atom. The third-order valence-electron chi connectivity index (χ3n) is 3.37. The number of ether oxygens (including phenoxy) is 2. The maximum absolute atomic E-state index is 11.8. The van der Waals surface area contributed by atoms with E-state index in [9.17, 15) is 19.8 Å². The van der Waals surface area contributed by atoms with Gasteiger partial charge in [0, 0.05) is 19.7 Å².